The molecule has 0 aromatic heterocycles. The number of piperidine rings is 1. The summed E-state index contributed by atoms with van der Waals surface area (Å²) in [5.74, 6) is 0.106. The molecule has 2 aromatic rings. The molecular weight excluding hydrogens is 384 g/mol. The van der Waals surface area contributed by atoms with E-state index < -0.39 is 0 Å². The van der Waals surface area contributed by atoms with Gasteiger partial charge in [-0.2, -0.15) is 0 Å². The zero-order valence-electron chi connectivity index (χ0n) is 16.7. The first-order valence-electron chi connectivity index (χ1n) is 10.3. The quantitative estimate of drug-likeness (QED) is 0.763. The van der Waals surface area contributed by atoms with Crippen LogP contribution in [0.1, 0.15) is 19.3 Å². The molecule has 0 radical (unpaired) electrons. The SMILES string of the molecule is COC1CCN(CC(=O)N2c3ccccc3Sc3ccccc32)CC12CCCO2. The van der Waals surface area contributed by atoms with Crippen LogP contribution in [0.15, 0.2) is 58.3 Å². The molecule has 29 heavy (non-hydrogen) atoms. The predicted octanol–water partition coefficient (Wildman–Crippen LogP) is 4.09. The number of anilines is 2. The summed E-state index contributed by atoms with van der Waals surface area (Å²) in [6.07, 6.45) is 3.07. The van der Waals surface area contributed by atoms with Crippen LogP contribution in [0.5, 0.6) is 0 Å². The number of amides is 1. The number of hydrogen-bond donors (Lipinski definition) is 0. The second-order valence-electron chi connectivity index (χ2n) is 8.01. The summed E-state index contributed by atoms with van der Waals surface area (Å²) in [4.78, 5) is 19.9. The molecular formula is C23H26N2O3S. The first-order valence-corrected chi connectivity index (χ1v) is 11.1. The van der Waals surface area contributed by atoms with Gasteiger partial charge < -0.3 is 9.47 Å². The van der Waals surface area contributed by atoms with Crippen molar-refractivity contribution in [3.05, 3.63) is 48.5 Å². The molecule has 1 amide bonds. The van der Waals surface area contributed by atoms with Crippen LogP contribution < -0.4 is 4.90 Å². The fourth-order valence-electron chi connectivity index (χ4n) is 4.92. The smallest absolute Gasteiger partial charge is 0.245 e. The summed E-state index contributed by atoms with van der Waals surface area (Å²) in [6.45, 7) is 2.77. The first kappa shape index (κ1) is 19.1. The molecule has 2 unspecified atom stereocenters. The fourth-order valence-corrected chi connectivity index (χ4v) is 5.98. The second kappa shape index (κ2) is 7.76. The number of fused-ring (bicyclic) bond motifs is 2. The summed E-state index contributed by atoms with van der Waals surface area (Å²) in [7, 11) is 1.77. The lowest BCUT2D eigenvalue weighted by Gasteiger charge is -2.45. The molecule has 2 aromatic carbocycles. The van der Waals surface area contributed by atoms with Crippen LogP contribution in [-0.2, 0) is 14.3 Å². The maximum Gasteiger partial charge on any atom is 0.245 e. The predicted molar refractivity (Wildman–Crippen MR) is 114 cm³/mol. The van der Waals surface area contributed by atoms with Crippen molar-refractivity contribution in [1.82, 2.24) is 4.90 Å². The van der Waals surface area contributed by atoms with E-state index in [-0.39, 0.29) is 17.6 Å². The topological polar surface area (TPSA) is 42.0 Å². The van der Waals surface area contributed by atoms with Crippen molar-refractivity contribution in [2.75, 3.05) is 38.3 Å². The van der Waals surface area contributed by atoms with Gasteiger partial charge in [-0.15, -0.1) is 0 Å². The van der Waals surface area contributed by atoms with Gasteiger partial charge in [0, 0.05) is 36.6 Å². The summed E-state index contributed by atoms with van der Waals surface area (Å²) >= 11 is 1.72. The number of nitrogens with zero attached hydrogens (tertiary/aromatic N) is 2. The standard InChI is InChI=1S/C23H26N2O3S/c1-27-21-11-13-24(16-23(21)12-6-14-28-23)15-22(26)25-17-7-2-4-9-19(17)29-20-10-5-3-8-18(20)25/h2-5,7-10,21H,6,11-16H2,1H3. The van der Waals surface area contributed by atoms with Gasteiger partial charge in [-0.05, 0) is 43.5 Å². The van der Waals surface area contributed by atoms with E-state index in [4.69, 9.17) is 9.47 Å². The van der Waals surface area contributed by atoms with E-state index >= 15 is 0 Å². The molecule has 1 spiro atoms. The molecule has 0 saturated carbocycles. The number of benzene rings is 2. The maximum absolute atomic E-state index is 13.5. The van der Waals surface area contributed by atoms with Crippen molar-refractivity contribution >= 4 is 29.0 Å². The Morgan fingerprint density at radius 3 is 2.48 bits per heavy atom. The van der Waals surface area contributed by atoms with E-state index in [1.54, 1.807) is 18.9 Å². The van der Waals surface area contributed by atoms with Gasteiger partial charge in [-0.3, -0.25) is 14.6 Å². The highest BCUT2D eigenvalue weighted by molar-refractivity contribution is 7.99. The summed E-state index contributed by atoms with van der Waals surface area (Å²) in [5, 5.41) is 0. The van der Waals surface area contributed by atoms with E-state index in [1.165, 1.54) is 0 Å². The van der Waals surface area contributed by atoms with Crippen molar-refractivity contribution in [2.45, 2.75) is 40.8 Å². The van der Waals surface area contributed by atoms with Gasteiger partial charge in [0.25, 0.3) is 0 Å². The lowest BCUT2D eigenvalue weighted by atomic mass is 9.87. The zero-order chi connectivity index (χ0) is 19.8. The molecule has 2 saturated heterocycles. The monoisotopic (exact) mass is 410 g/mol. The zero-order valence-corrected chi connectivity index (χ0v) is 17.5. The minimum absolute atomic E-state index is 0.106. The Morgan fingerprint density at radius 2 is 1.86 bits per heavy atom. The highest BCUT2D eigenvalue weighted by atomic mass is 32.2. The third-order valence-electron chi connectivity index (χ3n) is 6.24. The van der Waals surface area contributed by atoms with Gasteiger partial charge >= 0.3 is 0 Å². The Balaban J connectivity index is 1.40. The number of likely N-dealkylation sites (tertiary alicyclic amines) is 1. The third kappa shape index (κ3) is 3.38. The van der Waals surface area contributed by atoms with E-state index in [0.717, 1.165) is 60.1 Å². The lowest BCUT2D eigenvalue weighted by molar-refractivity contribution is -0.147. The average molecular weight is 411 g/mol. The van der Waals surface area contributed by atoms with Crippen molar-refractivity contribution in [1.29, 1.82) is 0 Å². The molecule has 2 fully saturated rings. The molecule has 3 aliphatic heterocycles. The summed E-state index contributed by atoms with van der Waals surface area (Å²) < 4.78 is 11.9. The average Bonchev–Trinajstić information content (AvgIpc) is 3.20. The molecule has 3 heterocycles. The third-order valence-corrected chi connectivity index (χ3v) is 7.37. The molecule has 0 N–H and O–H groups in total. The molecule has 0 bridgehead atoms. The molecule has 5 rings (SSSR count). The maximum atomic E-state index is 13.5. The summed E-state index contributed by atoms with van der Waals surface area (Å²) in [5.41, 5.74) is 1.68. The molecule has 6 heteroatoms. The number of carbonyl (C=O) groups is 1. The van der Waals surface area contributed by atoms with Gasteiger partial charge in [0.05, 0.1) is 24.0 Å². The van der Waals surface area contributed by atoms with Crippen LogP contribution in [0.3, 0.4) is 0 Å². The van der Waals surface area contributed by atoms with Gasteiger partial charge in [0.15, 0.2) is 0 Å². The number of methoxy groups -OCH3 is 1. The molecule has 5 nitrogen and oxygen atoms in total. The van der Waals surface area contributed by atoms with Crippen LogP contribution in [0, 0.1) is 0 Å². The minimum Gasteiger partial charge on any atom is -0.378 e. The Bertz CT molecular complexity index is 867. The normalized spacial score (nSPS) is 26.4. The Hall–Kier alpha value is -1.86. The Labute approximate surface area is 176 Å². The van der Waals surface area contributed by atoms with Gasteiger partial charge in [-0.25, -0.2) is 0 Å². The van der Waals surface area contributed by atoms with Crippen molar-refractivity contribution in [3.63, 3.8) is 0 Å². The number of para-hydroxylation sites is 2. The van der Waals surface area contributed by atoms with E-state index in [2.05, 4.69) is 17.0 Å². The van der Waals surface area contributed by atoms with Gasteiger partial charge in [0.2, 0.25) is 5.91 Å². The van der Waals surface area contributed by atoms with Crippen molar-refractivity contribution in [3.8, 4) is 0 Å². The van der Waals surface area contributed by atoms with Gasteiger partial charge in [-0.1, -0.05) is 36.0 Å². The van der Waals surface area contributed by atoms with E-state index in [9.17, 15) is 4.79 Å². The number of rotatable bonds is 3. The molecule has 0 aliphatic carbocycles. The van der Waals surface area contributed by atoms with Crippen LogP contribution in [0.4, 0.5) is 11.4 Å². The highest BCUT2D eigenvalue weighted by Gasteiger charge is 2.47. The van der Waals surface area contributed by atoms with E-state index in [0.29, 0.717) is 6.54 Å². The number of ether oxygens (including phenoxy) is 2. The summed E-state index contributed by atoms with van der Waals surface area (Å²) in [6, 6.07) is 16.3. The second-order valence-corrected chi connectivity index (χ2v) is 9.09. The van der Waals surface area contributed by atoms with E-state index in [1.807, 2.05) is 41.3 Å². The Kier molecular flexibility index (Phi) is 5.12. The van der Waals surface area contributed by atoms with Crippen LogP contribution in [0.25, 0.3) is 0 Å². The minimum atomic E-state index is -0.263. The molecule has 3 aliphatic rings. The Morgan fingerprint density at radius 1 is 1.17 bits per heavy atom. The van der Waals surface area contributed by atoms with Gasteiger partial charge in [0.1, 0.15) is 5.60 Å². The van der Waals surface area contributed by atoms with Crippen LogP contribution >= 0.6 is 11.8 Å². The number of carbonyl (C=O) groups excluding carboxylic acids is 1. The van der Waals surface area contributed by atoms with Crippen molar-refractivity contribution < 1.29 is 14.3 Å². The fraction of sp³-hybridized carbons (Fsp3) is 0.435. The highest BCUT2D eigenvalue weighted by Crippen LogP contribution is 2.48. The largest absolute Gasteiger partial charge is 0.378 e. The van der Waals surface area contributed by atoms with Crippen LogP contribution in [0.2, 0.25) is 0 Å². The molecule has 2 atom stereocenters. The molecule has 152 valence electrons. The van der Waals surface area contributed by atoms with Crippen LogP contribution in [-0.4, -0.2) is 55.9 Å². The van der Waals surface area contributed by atoms with Crippen molar-refractivity contribution in [2.24, 2.45) is 0 Å². The number of hydrogen-bond acceptors (Lipinski definition) is 5. The first-order chi connectivity index (χ1) is 14.2. The lowest BCUT2D eigenvalue weighted by Crippen LogP contribution is -2.58.